The predicted molar refractivity (Wildman–Crippen MR) is 76.9 cm³/mol. The van der Waals surface area contributed by atoms with Crippen LogP contribution >= 0.6 is 0 Å². The maximum Gasteiger partial charge on any atom is 0.422 e. The molecule has 19 heavy (non-hydrogen) atoms. The van der Waals surface area contributed by atoms with Gasteiger partial charge in [-0.05, 0) is 46.7 Å². The fraction of sp³-hybridized carbons (Fsp3) is 0.929. The van der Waals surface area contributed by atoms with E-state index in [0.29, 0.717) is 0 Å². The van der Waals surface area contributed by atoms with Gasteiger partial charge in [0.05, 0.1) is 0 Å². The van der Waals surface area contributed by atoms with Gasteiger partial charge in [0.1, 0.15) is 5.60 Å². The molecule has 0 aliphatic carbocycles. The molecule has 0 unspecified atom stereocenters. The summed E-state index contributed by atoms with van der Waals surface area (Å²) >= 11 is 0. The van der Waals surface area contributed by atoms with Crippen molar-refractivity contribution in [2.75, 3.05) is 32.7 Å². The van der Waals surface area contributed by atoms with Gasteiger partial charge in [-0.1, -0.05) is 13.3 Å². The van der Waals surface area contributed by atoms with Crippen molar-refractivity contribution in [3.63, 3.8) is 0 Å². The first-order chi connectivity index (χ1) is 8.90. The standard InChI is InChI=1S/C14H29N3O2/c1-5-17(15-13(18)19-14(2,3)4)12-11-16-9-7-6-8-10-16/h5-12H2,1-4H3,(H,15,18). The third-order valence-corrected chi connectivity index (χ3v) is 3.16. The molecule has 0 bridgehead atoms. The number of hydrogen-bond acceptors (Lipinski definition) is 4. The van der Waals surface area contributed by atoms with Crippen molar-refractivity contribution in [3.8, 4) is 0 Å². The lowest BCUT2D eigenvalue weighted by Crippen LogP contribution is -2.48. The van der Waals surface area contributed by atoms with E-state index in [2.05, 4.69) is 10.3 Å². The molecule has 1 aliphatic heterocycles. The van der Waals surface area contributed by atoms with Crippen molar-refractivity contribution in [2.24, 2.45) is 0 Å². The maximum atomic E-state index is 11.7. The molecule has 0 atom stereocenters. The molecule has 1 fully saturated rings. The molecule has 0 aromatic carbocycles. The van der Waals surface area contributed by atoms with Crippen LogP contribution in [0.3, 0.4) is 0 Å². The molecule has 112 valence electrons. The van der Waals surface area contributed by atoms with E-state index in [4.69, 9.17) is 4.74 Å². The van der Waals surface area contributed by atoms with Gasteiger partial charge in [-0.3, -0.25) is 5.43 Å². The highest BCUT2D eigenvalue weighted by Crippen LogP contribution is 2.08. The van der Waals surface area contributed by atoms with Gasteiger partial charge >= 0.3 is 6.09 Å². The van der Waals surface area contributed by atoms with Crippen molar-refractivity contribution in [1.82, 2.24) is 15.3 Å². The monoisotopic (exact) mass is 271 g/mol. The van der Waals surface area contributed by atoms with Crippen LogP contribution in [0.15, 0.2) is 0 Å². The number of hydrogen-bond donors (Lipinski definition) is 1. The molecule has 0 radical (unpaired) electrons. The first-order valence-corrected chi connectivity index (χ1v) is 7.37. The second-order valence-corrected chi connectivity index (χ2v) is 6.10. The van der Waals surface area contributed by atoms with Crippen LogP contribution in [0.2, 0.25) is 0 Å². The highest BCUT2D eigenvalue weighted by molar-refractivity contribution is 5.67. The summed E-state index contributed by atoms with van der Waals surface area (Å²) in [6.45, 7) is 12.7. The minimum Gasteiger partial charge on any atom is -0.443 e. The lowest BCUT2D eigenvalue weighted by molar-refractivity contribution is 0.0318. The second-order valence-electron chi connectivity index (χ2n) is 6.10. The lowest BCUT2D eigenvalue weighted by atomic mass is 10.1. The Kier molecular flexibility index (Phi) is 6.58. The van der Waals surface area contributed by atoms with Crippen molar-refractivity contribution >= 4 is 6.09 Å². The first-order valence-electron chi connectivity index (χ1n) is 7.37. The zero-order valence-corrected chi connectivity index (χ0v) is 12.9. The van der Waals surface area contributed by atoms with E-state index in [9.17, 15) is 4.79 Å². The Bertz CT molecular complexity index is 270. The zero-order valence-electron chi connectivity index (χ0n) is 12.9. The molecule has 1 amide bonds. The first kappa shape index (κ1) is 16.2. The minimum absolute atomic E-state index is 0.368. The van der Waals surface area contributed by atoms with Gasteiger partial charge in [0.2, 0.25) is 0 Å². The Morgan fingerprint density at radius 2 is 1.89 bits per heavy atom. The summed E-state index contributed by atoms with van der Waals surface area (Å²) in [5, 5.41) is 1.92. The average Bonchev–Trinajstić information content (AvgIpc) is 2.33. The Hall–Kier alpha value is -0.810. The van der Waals surface area contributed by atoms with Gasteiger partial charge in [0.25, 0.3) is 0 Å². The largest absolute Gasteiger partial charge is 0.443 e. The van der Waals surface area contributed by atoms with Crippen LogP contribution in [-0.4, -0.2) is 54.3 Å². The van der Waals surface area contributed by atoms with Crippen molar-refractivity contribution < 1.29 is 9.53 Å². The average molecular weight is 271 g/mol. The SMILES string of the molecule is CCN(CCN1CCCCC1)NC(=O)OC(C)(C)C. The zero-order chi connectivity index (χ0) is 14.3. The van der Waals surface area contributed by atoms with Crippen LogP contribution in [0, 0.1) is 0 Å². The van der Waals surface area contributed by atoms with E-state index >= 15 is 0 Å². The Morgan fingerprint density at radius 3 is 2.42 bits per heavy atom. The van der Waals surface area contributed by atoms with Gasteiger partial charge in [0.15, 0.2) is 0 Å². The molecule has 0 aromatic rings. The number of likely N-dealkylation sites (N-methyl/N-ethyl adjacent to an activating group) is 1. The summed E-state index contributed by atoms with van der Waals surface area (Å²) in [6, 6.07) is 0. The molecule has 1 heterocycles. The number of nitrogens with zero attached hydrogens (tertiary/aromatic N) is 2. The third-order valence-electron chi connectivity index (χ3n) is 3.16. The van der Waals surface area contributed by atoms with Crippen LogP contribution in [-0.2, 0) is 4.74 Å². The van der Waals surface area contributed by atoms with E-state index in [0.717, 1.165) is 19.6 Å². The lowest BCUT2D eigenvalue weighted by Gasteiger charge is -2.30. The van der Waals surface area contributed by atoms with Crippen molar-refractivity contribution in [3.05, 3.63) is 0 Å². The summed E-state index contributed by atoms with van der Waals surface area (Å²) in [5.74, 6) is 0. The molecule has 0 spiro atoms. The number of likely N-dealkylation sites (tertiary alicyclic amines) is 1. The predicted octanol–water partition coefficient (Wildman–Crippen LogP) is 2.23. The van der Waals surface area contributed by atoms with Crippen LogP contribution in [0.1, 0.15) is 47.0 Å². The van der Waals surface area contributed by atoms with Gasteiger partial charge in [0, 0.05) is 19.6 Å². The van der Waals surface area contributed by atoms with Crippen LogP contribution < -0.4 is 5.43 Å². The fourth-order valence-electron chi connectivity index (χ4n) is 2.17. The quantitative estimate of drug-likeness (QED) is 0.779. The highest BCUT2D eigenvalue weighted by atomic mass is 16.6. The molecule has 1 saturated heterocycles. The van der Waals surface area contributed by atoms with E-state index in [1.54, 1.807) is 0 Å². The van der Waals surface area contributed by atoms with Crippen LogP contribution in [0.4, 0.5) is 4.79 Å². The molecule has 1 rings (SSSR count). The summed E-state index contributed by atoms with van der Waals surface area (Å²) in [5.41, 5.74) is 2.36. The summed E-state index contributed by atoms with van der Waals surface area (Å²) in [4.78, 5) is 14.2. The molecule has 0 aromatic heterocycles. The normalized spacial score (nSPS) is 17.5. The smallest absolute Gasteiger partial charge is 0.422 e. The van der Waals surface area contributed by atoms with Crippen molar-refractivity contribution in [1.29, 1.82) is 0 Å². The molecule has 5 heteroatoms. The maximum absolute atomic E-state index is 11.7. The Labute approximate surface area is 117 Å². The number of piperidine rings is 1. The van der Waals surface area contributed by atoms with Gasteiger partial charge in [-0.15, -0.1) is 0 Å². The van der Waals surface area contributed by atoms with Crippen LogP contribution in [0.25, 0.3) is 0 Å². The molecule has 1 N–H and O–H groups in total. The highest BCUT2D eigenvalue weighted by Gasteiger charge is 2.18. The summed E-state index contributed by atoms with van der Waals surface area (Å²) < 4.78 is 5.26. The number of ether oxygens (including phenoxy) is 1. The third kappa shape index (κ3) is 7.38. The molecule has 1 aliphatic rings. The summed E-state index contributed by atoms with van der Waals surface area (Å²) in [6.07, 6.45) is 3.58. The Balaban J connectivity index is 2.26. The molecular formula is C14H29N3O2. The number of nitrogens with one attached hydrogen (secondary N) is 1. The number of carbonyl (C=O) groups excluding carboxylic acids is 1. The molecule has 0 saturated carbocycles. The Morgan fingerprint density at radius 1 is 1.26 bits per heavy atom. The van der Waals surface area contributed by atoms with E-state index in [-0.39, 0.29) is 6.09 Å². The second kappa shape index (κ2) is 7.70. The number of rotatable bonds is 5. The number of amides is 1. The number of carbonyl (C=O) groups is 1. The summed E-state index contributed by atoms with van der Waals surface area (Å²) in [7, 11) is 0. The van der Waals surface area contributed by atoms with Gasteiger partial charge in [-0.25, -0.2) is 9.80 Å². The molecular weight excluding hydrogens is 242 g/mol. The number of hydrazine groups is 1. The topological polar surface area (TPSA) is 44.8 Å². The fourth-order valence-corrected chi connectivity index (χ4v) is 2.17. The van der Waals surface area contributed by atoms with Gasteiger partial charge < -0.3 is 9.64 Å². The molecule has 5 nitrogen and oxygen atoms in total. The van der Waals surface area contributed by atoms with E-state index in [1.807, 2.05) is 32.7 Å². The van der Waals surface area contributed by atoms with E-state index < -0.39 is 5.60 Å². The van der Waals surface area contributed by atoms with Crippen molar-refractivity contribution in [2.45, 2.75) is 52.6 Å². The van der Waals surface area contributed by atoms with Crippen LogP contribution in [0.5, 0.6) is 0 Å². The van der Waals surface area contributed by atoms with E-state index in [1.165, 1.54) is 32.4 Å². The minimum atomic E-state index is -0.448. The van der Waals surface area contributed by atoms with Gasteiger partial charge in [-0.2, -0.15) is 0 Å².